The van der Waals surface area contributed by atoms with Crippen LogP contribution >= 0.6 is 0 Å². The zero-order chi connectivity index (χ0) is 7.40. The lowest BCUT2D eigenvalue weighted by Gasteiger charge is -1.96. The maximum absolute atomic E-state index is 9.95. The van der Waals surface area contributed by atoms with Gasteiger partial charge in [-0.25, -0.2) is 0 Å². The Morgan fingerprint density at radius 1 is 1.30 bits per heavy atom. The number of anilines is 1. The molecule has 1 N–H and O–H groups in total. The first kappa shape index (κ1) is 6.81. The van der Waals surface area contributed by atoms with Crippen LogP contribution in [0.15, 0.2) is 24.3 Å². The Balaban J connectivity index is 2.78. The molecule has 0 aromatic heterocycles. The van der Waals surface area contributed by atoms with Gasteiger partial charge >= 0.3 is 0 Å². The molecule has 1 amide bonds. The molecule has 1 aromatic carbocycles. The number of amides is 1. The Hall–Kier alpha value is -1.31. The van der Waals surface area contributed by atoms with Gasteiger partial charge in [0.2, 0.25) is 6.41 Å². The van der Waals surface area contributed by atoms with Crippen molar-refractivity contribution in [3.8, 4) is 0 Å². The number of hydrogen-bond acceptors (Lipinski definition) is 1. The molecule has 0 unspecified atom stereocenters. The van der Waals surface area contributed by atoms with Crippen molar-refractivity contribution >= 4 is 12.1 Å². The first-order chi connectivity index (χ1) is 4.83. The maximum Gasteiger partial charge on any atom is 0.211 e. The van der Waals surface area contributed by atoms with Crippen LogP contribution in [0.25, 0.3) is 0 Å². The van der Waals surface area contributed by atoms with Crippen LogP contribution in [0.3, 0.4) is 0 Å². The van der Waals surface area contributed by atoms with Crippen molar-refractivity contribution in [1.29, 1.82) is 0 Å². The Labute approximate surface area is 59.9 Å². The van der Waals surface area contributed by atoms with E-state index in [1.807, 2.05) is 31.2 Å². The van der Waals surface area contributed by atoms with E-state index in [1.54, 1.807) is 0 Å². The second-order valence-electron chi connectivity index (χ2n) is 2.13. The van der Waals surface area contributed by atoms with Crippen LogP contribution in [0.2, 0.25) is 0 Å². The highest BCUT2D eigenvalue weighted by atomic mass is 16.1. The van der Waals surface area contributed by atoms with Crippen molar-refractivity contribution in [3.05, 3.63) is 29.8 Å². The standard InChI is InChI=1S/C8H9NO/c1-7-2-4-8(5-3-7)9-6-10/h2-6H,1H3,(H,9,10). The number of nitrogens with one attached hydrogen (secondary N) is 1. The van der Waals surface area contributed by atoms with Crippen LogP contribution < -0.4 is 5.32 Å². The Kier molecular flexibility index (Phi) is 2.05. The summed E-state index contributed by atoms with van der Waals surface area (Å²) in [6.07, 6.45) is 0.671. The van der Waals surface area contributed by atoms with Gasteiger partial charge in [0.15, 0.2) is 0 Å². The topological polar surface area (TPSA) is 29.1 Å². The number of aryl methyl sites for hydroxylation is 1. The van der Waals surface area contributed by atoms with Crippen molar-refractivity contribution in [3.63, 3.8) is 0 Å². The minimum atomic E-state index is 0.671. The molecule has 0 fully saturated rings. The molecule has 0 saturated carbocycles. The van der Waals surface area contributed by atoms with Crippen molar-refractivity contribution in [2.24, 2.45) is 0 Å². The van der Waals surface area contributed by atoms with Crippen molar-refractivity contribution in [2.45, 2.75) is 6.92 Å². The molecule has 0 saturated heterocycles. The molecule has 0 atom stereocenters. The van der Waals surface area contributed by atoms with Gasteiger partial charge < -0.3 is 5.32 Å². The maximum atomic E-state index is 9.95. The molecule has 0 aliphatic carbocycles. The second-order valence-corrected chi connectivity index (χ2v) is 2.13. The van der Waals surface area contributed by atoms with Gasteiger partial charge in [0.25, 0.3) is 0 Å². The van der Waals surface area contributed by atoms with Crippen LogP contribution in [-0.2, 0) is 4.79 Å². The van der Waals surface area contributed by atoms with Gasteiger partial charge in [-0.2, -0.15) is 0 Å². The highest BCUT2D eigenvalue weighted by Crippen LogP contribution is 2.06. The molecule has 0 aliphatic heterocycles. The summed E-state index contributed by atoms with van der Waals surface area (Å²) < 4.78 is 0. The Bertz CT molecular complexity index is 215. The molecule has 52 valence electrons. The molecule has 0 heterocycles. The van der Waals surface area contributed by atoms with Gasteiger partial charge in [0, 0.05) is 5.69 Å². The lowest BCUT2D eigenvalue weighted by Crippen LogP contribution is -1.92. The summed E-state index contributed by atoms with van der Waals surface area (Å²) in [5.41, 5.74) is 2.03. The van der Waals surface area contributed by atoms with E-state index in [4.69, 9.17) is 0 Å². The number of benzene rings is 1. The van der Waals surface area contributed by atoms with Crippen LogP contribution in [0.1, 0.15) is 5.56 Å². The molecule has 0 bridgehead atoms. The van der Waals surface area contributed by atoms with E-state index >= 15 is 0 Å². The second kappa shape index (κ2) is 3.01. The van der Waals surface area contributed by atoms with Gasteiger partial charge in [0.05, 0.1) is 0 Å². The van der Waals surface area contributed by atoms with Crippen molar-refractivity contribution in [2.75, 3.05) is 5.32 Å². The monoisotopic (exact) mass is 135 g/mol. The van der Waals surface area contributed by atoms with E-state index in [0.29, 0.717) is 6.41 Å². The van der Waals surface area contributed by atoms with Crippen molar-refractivity contribution < 1.29 is 4.79 Å². The zero-order valence-electron chi connectivity index (χ0n) is 5.79. The molecular formula is C8H9NO. The third-order valence-corrected chi connectivity index (χ3v) is 1.28. The summed E-state index contributed by atoms with van der Waals surface area (Å²) in [6, 6.07) is 7.63. The number of carbonyl (C=O) groups excluding carboxylic acids is 1. The van der Waals surface area contributed by atoms with E-state index in [2.05, 4.69) is 5.32 Å². The summed E-state index contributed by atoms with van der Waals surface area (Å²) in [5, 5.41) is 2.55. The largest absolute Gasteiger partial charge is 0.329 e. The molecule has 1 aromatic rings. The number of rotatable bonds is 2. The van der Waals surface area contributed by atoms with Gasteiger partial charge in [-0.05, 0) is 19.1 Å². The smallest absolute Gasteiger partial charge is 0.211 e. The number of hydrogen-bond donors (Lipinski definition) is 1. The first-order valence-corrected chi connectivity index (χ1v) is 3.10. The van der Waals surface area contributed by atoms with Gasteiger partial charge in [-0.15, -0.1) is 0 Å². The molecule has 10 heavy (non-hydrogen) atoms. The average Bonchev–Trinajstić information content (AvgIpc) is 1.95. The van der Waals surface area contributed by atoms with E-state index in [-0.39, 0.29) is 0 Å². The fourth-order valence-electron chi connectivity index (χ4n) is 0.718. The lowest BCUT2D eigenvalue weighted by atomic mass is 10.2. The van der Waals surface area contributed by atoms with Crippen LogP contribution in [0.5, 0.6) is 0 Å². The predicted molar refractivity (Wildman–Crippen MR) is 40.9 cm³/mol. The lowest BCUT2D eigenvalue weighted by molar-refractivity contribution is -0.105. The molecular weight excluding hydrogens is 126 g/mol. The quantitative estimate of drug-likeness (QED) is 0.612. The van der Waals surface area contributed by atoms with E-state index in [9.17, 15) is 4.79 Å². The minimum absolute atomic E-state index is 0.671. The van der Waals surface area contributed by atoms with E-state index in [0.717, 1.165) is 5.69 Å². The van der Waals surface area contributed by atoms with Gasteiger partial charge in [-0.1, -0.05) is 17.7 Å². The highest BCUT2D eigenvalue weighted by Gasteiger charge is 1.86. The van der Waals surface area contributed by atoms with Crippen molar-refractivity contribution in [1.82, 2.24) is 0 Å². The third-order valence-electron chi connectivity index (χ3n) is 1.28. The van der Waals surface area contributed by atoms with Crippen LogP contribution in [0.4, 0.5) is 5.69 Å². The van der Waals surface area contributed by atoms with Gasteiger partial charge in [0.1, 0.15) is 0 Å². The molecule has 2 nitrogen and oxygen atoms in total. The Morgan fingerprint density at radius 3 is 2.40 bits per heavy atom. The first-order valence-electron chi connectivity index (χ1n) is 3.10. The summed E-state index contributed by atoms with van der Waals surface area (Å²) in [4.78, 5) is 9.95. The summed E-state index contributed by atoms with van der Waals surface area (Å²) in [7, 11) is 0. The zero-order valence-corrected chi connectivity index (χ0v) is 5.79. The normalized spacial score (nSPS) is 8.90. The number of carbonyl (C=O) groups is 1. The molecule has 0 aliphatic rings. The Morgan fingerprint density at radius 2 is 1.90 bits per heavy atom. The predicted octanol–water partition coefficient (Wildman–Crippen LogP) is 1.56. The third kappa shape index (κ3) is 1.58. The van der Waals surface area contributed by atoms with Crippen LogP contribution in [-0.4, -0.2) is 6.41 Å². The average molecular weight is 135 g/mol. The summed E-state index contributed by atoms with van der Waals surface area (Å²) >= 11 is 0. The molecule has 2 heteroatoms. The summed E-state index contributed by atoms with van der Waals surface area (Å²) in [6.45, 7) is 2.00. The summed E-state index contributed by atoms with van der Waals surface area (Å²) in [5.74, 6) is 0. The minimum Gasteiger partial charge on any atom is -0.329 e. The van der Waals surface area contributed by atoms with Crippen LogP contribution in [0, 0.1) is 6.92 Å². The SMILES string of the molecule is Cc1ccc(NC=O)cc1. The fourth-order valence-corrected chi connectivity index (χ4v) is 0.718. The fraction of sp³-hybridized carbons (Fsp3) is 0.125. The molecule has 0 radical (unpaired) electrons. The van der Waals surface area contributed by atoms with E-state index < -0.39 is 0 Å². The highest BCUT2D eigenvalue weighted by molar-refractivity contribution is 5.70. The van der Waals surface area contributed by atoms with Gasteiger partial charge in [-0.3, -0.25) is 4.79 Å². The van der Waals surface area contributed by atoms with E-state index in [1.165, 1.54) is 5.56 Å². The molecule has 0 spiro atoms. The molecule has 1 rings (SSSR count).